The van der Waals surface area contributed by atoms with Gasteiger partial charge in [-0.05, 0) is 0 Å². The maximum Gasteiger partial charge on any atom is 0.244 e. The average Bonchev–Trinajstić information content (AvgIpc) is 1.98. The Morgan fingerprint density at radius 3 is 2.36 bits per heavy atom. The van der Waals surface area contributed by atoms with Crippen molar-refractivity contribution in [2.45, 2.75) is 13.0 Å². The maximum atomic E-state index is 10.8. The Morgan fingerprint density at radius 2 is 2.09 bits per heavy atom. The van der Waals surface area contributed by atoms with Crippen LogP contribution in [0.15, 0.2) is 0 Å². The summed E-state index contributed by atoms with van der Waals surface area (Å²) in [5.74, 6) is -0.740. The SMILES string of the molecule is CNC(=O)[C@@H](CO)NC(C)=O. The van der Waals surface area contributed by atoms with Gasteiger partial charge in [0.2, 0.25) is 11.8 Å². The molecule has 5 nitrogen and oxygen atoms in total. The second kappa shape index (κ2) is 4.68. The Labute approximate surface area is 64.8 Å². The molecule has 0 radical (unpaired) electrons. The average molecular weight is 160 g/mol. The van der Waals surface area contributed by atoms with Gasteiger partial charge in [-0.25, -0.2) is 0 Å². The molecular weight excluding hydrogens is 148 g/mol. The van der Waals surface area contributed by atoms with Crippen LogP contribution in [0, 0.1) is 0 Å². The summed E-state index contributed by atoms with van der Waals surface area (Å²) in [5, 5.41) is 13.2. The van der Waals surface area contributed by atoms with Crippen LogP contribution < -0.4 is 10.6 Å². The van der Waals surface area contributed by atoms with Crippen LogP contribution in [0.5, 0.6) is 0 Å². The van der Waals surface area contributed by atoms with Gasteiger partial charge in [0.25, 0.3) is 0 Å². The molecule has 0 aromatic heterocycles. The van der Waals surface area contributed by atoms with E-state index in [-0.39, 0.29) is 12.5 Å². The van der Waals surface area contributed by atoms with Gasteiger partial charge in [0.05, 0.1) is 6.61 Å². The molecule has 0 aromatic carbocycles. The van der Waals surface area contributed by atoms with E-state index in [9.17, 15) is 9.59 Å². The molecule has 0 saturated heterocycles. The third-order valence-corrected chi connectivity index (χ3v) is 1.12. The number of hydrogen-bond donors (Lipinski definition) is 3. The minimum atomic E-state index is -0.836. The molecule has 2 amide bonds. The zero-order valence-corrected chi connectivity index (χ0v) is 6.55. The highest BCUT2D eigenvalue weighted by atomic mass is 16.3. The highest BCUT2D eigenvalue weighted by Gasteiger charge is 2.15. The fourth-order valence-corrected chi connectivity index (χ4v) is 0.614. The standard InChI is InChI=1S/C6H12N2O3/c1-4(10)8-5(3-9)6(11)7-2/h5,9H,3H2,1-2H3,(H,7,11)(H,8,10)/t5-/m1/s1. The molecule has 0 saturated carbocycles. The predicted molar refractivity (Wildman–Crippen MR) is 38.8 cm³/mol. The Hall–Kier alpha value is -1.10. The second-order valence-corrected chi connectivity index (χ2v) is 2.05. The molecular formula is C6H12N2O3. The summed E-state index contributed by atoms with van der Waals surface area (Å²) in [6, 6.07) is -0.836. The Bertz CT molecular complexity index is 158. The number of rotatable bonds is 3. The van der Waals surface area contributed by atoms with E-state index >= 15 is 0 Å². The largest absolute Gasteiger partial charge is 0.394 e. The summed E-state index contributed by atoms with van der Waals surface area (Å²) in [6.07, 6.45) is 0. The maximum absolute atomic E-state index is 10.8. The lowest BCUT2D eigenvalue weighted by Gasteiger charge is -2.12. The smallest absolute Gasteiger partial charge is 0.244 e. The lowest BCUT2D eigenvalue weighted by atomic mass is 10.3. The lowest BCUT2D eigenvalue weighted by molar-refractivity contribution is -0.128. The fourth-order valence-electron chi connectivity index (χ4n) is 0.614. The molecule has 0 spiro atoms. The number of nitrogens with one attached hydrogen (secondary N) is 2. The first-order valence-corrected chi connectivity index (χ1v) is 3.21. The summed E-state index contributed by atoms with van der Waals surface area (Å²) in [4.78, 5) is 21.2. The molecule has 0 aliphatic heterocycles. The van der Waals surface area contributed by atoms with Crippen molar-refractivity contribution in [2.75, 3.05) is 13.7 Å². The van der Waals surface area contributed by atoms with Crippen LogP contribution in [0.4, 0.5) is 0 Å². The summed E-state index contributed by atoms with van der Waals surface area (Å²) in [7, 11) is 1.44. The van der Waals surface area contributed by atoms with Gasteiger partial charge >= 0.3 is 0 Å². The Kier molecular flexibility index (Phi) is 4.21. The third-order valence-electron chi connectivity index (χ3n) is 1.12. The monoisotopic (exact) mass is 160 g/mol. The molecule has 11 heavy (non-hydrogen) atoms. The number of aliphatic hydroxyl groups excluding tert-OH is 1. The predicted octanol–water partition coefficient (Wildman–Crippen LogP) is -1.77. The van der Waals surface area contributed by atoms with E-state index in [1.54, 1.807) is 0 Å². The number of aliphatic hydroxyl groups is 1. The van der Waals surface area contributed by atoms with Crippen molar-refractivity contribution < 1.29 is 14.7 Å². The molecule has 1 atom stereocenters. The number of amides is 2. The van der Waals surface area contributed by atoms with Gasteiger partial charge < -0.3 is 15.7 Å². The molecule has 0 unspecified atom stereocenters. The fraction of sp³-hybridized carbons (Fsp3) is 0.667. The van der Waals surface area contributed by atoms with E-state index in [2.05, 4.69) is 10.6 Å². The minimum Gasteiger partial charge on any atom is -0.394 e. The van der Waals surface area contributed by atoms with E-state index in [0.29, 0.717) is 0 Å². The van der Waals surface area contributed by atoms with Gasteiger partial charge in [-0.2, -0.15) is 0 Å². The molecule has 0 aliphatic carbocycles. The molecule has 0 bridgehead atoms. The number of carbonyl (C=O) groups excluding carboxylic acids is 2. The van der Waals surface area contributed by atoms with Crippen molar-refractivity contribution in [1.29, 1.82) is 0 Å². The first kappa shape index (κ1) is 9.90. The molecule has 0 aromatic rings. The van der Waals surface area contributed by atoms with Crippen LogP contribution in [0.2, 0.25) is 0 Å². The van der Waals surface area contributed by atoms with Crippen molar-refractivity contribution in [1.82, 2.24) is 10.6 Å². The second-order valence-electron chi connectivity index (χ2n) is 2.05. The van der Waals surface area contributed by atoms with Crippen LogP contribution in [-0.4, -0.2) is 36.6 Å². The van der Waals surface area contributed by atoms with Crippen LogP contribution in [-0.2, 0) is 9.59 Å². The van der Waals surface area contributed by atoms with Crippen molar-refractivity contribution in [2.24, 2.45) is 0 Å². The normalized spacial score (nSPS) is 11.9. The van der Waals surface area contributed by atoms with Crippen LogP contribution in [0.25, 0.3) is 0 Å². The zero-order valence-electron chi connectivity index (χ0n) is 6.55. The summed E-state index contributed by atoms with van der Waals surface area (Å²) in [5.41, 5.74) is 0. The van der Waals surface area contributed by atoms with Gasteiger partial charge in [-0.1, -0.05) is 0 Å². The highest BCUT2D eigenvalue weighted by Crippen LogP contribution is 1.80. The van der Waals surface area contributed by atoms with Crippen LogP contribution >= 0.6 is 0 Å². The van der Waals surface area contributed by atoms with E-state index in [4.69, 9.17) is 5.11 Å². The number of carbonyl (C=O) groups is 2. The van der Waals surface area contributed by atoms with Gasteiger partial charge in [-0.3, -0.25) is 9.59 Å². The van der Waals surface area contributed by atoms with Crippen molar-refractivity contribution in [3.8, 4) is 0 Å². The number of likely N-dealkylation sites (N-methyl/N-ethyl adjacent to an activating group) is 1. The zero-order chi connectivity index (χ0) is 8.85. The van der Waals surface area contributed by atoms with Gasteiger partial charge in [0.1, 0.15) is 6.04 Å². The molecule has 0 heterocycles. The van der Waals surface area contributed by atoms with E-state index in [1.165, 1.54) is 14.0 Å². The van der Waals surface area contributed by atoms with Crippen LogP contribution in [0.3, 0.4) is 0 Å². The van der Waals surface area contributed by atoms with Gasteiger partial charge in [-0.15, -0.1) is 0 Å². The Balaban J connectivity index is 3.94. The molecule has 0 rings (SSSR count). The first-order valence-electron chi connectivity index (χ1n) is 3.21. The van der Waals surface area contributed by atoms with E-state index in [1.807, 2.05) is 0 Å². The number of hydrogen-bond acceptors (Lipinski definition) is 3. The van der Waals surface area contributed by atoms with Crippen molar-refractivity contribution >= 4 is 11.8 Å². The summed E-state index contributed by atoms with van der Waals surface area (Å²) < 4.78 is 0. The Morgan fingerprint density at radius 1 is 1.55 bits per heavy atom. The molecule has 0 aliphatic rings. The highest BCUT2D eigenvalue weighted by molar-refractivity contribution is 5.86. The molecule has 0 fully saturated rings. The summed E-state index contributed by atoms with van der Waals surface area (Å²) in [6.45, 7) is 0.894. The quantitative estimate of drug-likeness (QED) is 0.457. The van der Waals surface area contributed by atoms with E-state index in [0.717, 1.165) is 0 Å². The molecule has 5 heteroatoms. The molecule has 3 N–H and O–H groups in total. The van der Waals surface area contributed by atoms with Crippen molar-refractivity contribution in [3.05, 3.63) is 0 Å². The van der Waals surface area contributed by atoms with E-state index < -0.39 is 11.9 Å². The molecule has 64 valence electrons. The third kappa shape index (κ3) is 3.57. The topological polar surface area (TPSA) is 78.4 Å². The summed E-state index contributed by atoms with van der Waals surface area (Å²) >= 11 is 0. The first-order chi connectivity index (χ1) is 5.11. The lowest BCUT2D eigenvalue weighted by Crippen LogP contribution is -2.47. The van der Waals surface area contributed by atoms with Crippen molar-refractivity contribution in [3.63, 3.8) is 0 Å². The van der Waals surface area contributed by atoms with Gasteiger partial charge in [0, 0.05) is 14.0 Å². The minimum absolute atomic E-state index is 0.340. The van der Waals surface area contributed by atoms with Crippen LogP contribution in [0.1, 0.15) is 6.92 Å². The van der Waals surface area contributed by atoms with Gasteiger partial charge in [0.15, 0.2) is 0 Å².